The first-order valence-electron chi connectivity index (χ1n) is 9.83. The van der Waals surface area contributed by atoms with Crippen LogP contribution in [0.1, 0.15) is 35.9 Å². The summed E-state index contributed by atoms with van der Waals surface area (Å²) in [5, 5.41) is 6.24. The lowest BCUT2D eigenvalue weighted by Crippen LogP contribution is -2.29. The Hall–Kier alpha value is -2.86. The molecule has 152 valence electrons. The summed E-state index contributed by atoms with van der Waals surface area (Å²) in [4.78, 5) is 29.2. The fourth-order valence-corrected chi connectivity index (χ4v) is 3.37. The van der Waals surface area contributed by atoms with Crippen molar-refractivity contribution in [1.29, 1.82) is 0 Å². The fourth-order valence-electron chi connectivity index (χ4n) is 3.15. The van der Waals surface area contributed by atoms with Gasteiger partial charge in [0.1, 0.15) is 12.4 Å². The minimum absolute atomic E-state index is 0.0247. The van der Waals surface area contributed by atoms with Crippen molar-refractivity contribution in [3.63, 3.8) is 0 Å². The van der Waals surface area contributed by atoms with Crippen molar-refractivity contribution in [3.8, 4) is 0 Å². The molecule has 3 rings (SSSR count). The number of nitrogens with one attached hydrogen (secondary N) is 2. The molecule has 1 heterocycles. The first kappa shape index (κ1) is 20.9. The van der Waals surface area contributed by atoms with E-state index in [2.05, 4.69) is 15.6 Å². The van der Waals surface area contributed by atoms with Gasteiger partial charge in [0, 0.05) is 19.5 Å². The zero-order valence-electron chi connectivity index (χ0n) is 16.5. The summed E-state index contributed by atoms with van der Waals surface area (Å²) in [5.74, 6) is 0.621. The van der Waals surface area contributed by atoms with Crippen LogP contribution >= 0.6 is 11.6 Å². The Bertz CT molecular complexity index is 999. The third-order valence-electron chi connectivity index (χ3n) is 4.59. The van der Waals surface area contributed by atoms with Gasteiger partial charge in [-0.2, -0.15) is 0 Å². The molecule has 7 heteroatoms. The summed E-state index contributed by atoms with van der Waals surface area (Å²) in [5.41, 5.74) is 2.27. The SMILES string of the molecule is CCCNC(=O)Cn1c(CCCNC(=O)c2ccccc2Cl)nc2ccccc21. The molecule has 0 radical (unpaired) electrons. The standard InChI is InChI=1S/C22H25ClN4O2/c1-2-13-24-21(28)15-27-19-11-6-5-10-18(19)26-20(27)12-7-14-25-22(29)16-8-3-4-9-17(16)23/h3-6,8-11H,2,7,12-15H2,1H3,(H,24,28)(H,25,29). The number of benzene rings is 2. The van der Waals surface area contributed by atoms with Crippen LogP contribution in [0.15, 0.2) is 48.5 Å². The second-order valence-corrected chi connectivity index (χ2v) is 7.20. The van der Waals surface area contributed by atoms with Crippen LogP contribution in [-0.4, -0.2) is 34.5 Å². The summed E-state index contributed by atoms with van der Waals surface area (Å²) in [6.45, 7) is 3.42. The van der Waals surface area contributed by atoms with Crippen LogP contribution in [-0.2, 0) is 17.8 Å². The molecule has 6 nitrogen and oxygen atoms in total. The predicted octanol–water partition coefficient (Wildman–Crippen LogP) is 3.58. The van der Waals surface area contributed by atoms with Gasteiger partial charge in [0.25, 0.3) is 5.91 Å². The Morgan fingerprint density at radius 1 is 1.03 bits per heavy atom. The topological polar surface area (TPSA) is 76.0 Å². The van der Waals surface area contributed by atoms with Crippen LogP contribution in [0, 0.1) is 0 Å². The molecule has 0 aliphatic carbocycles. The molecule has 2 N–H and O–H groups in total. The molecular weight excluding hydrogens is 388 g/mol. The number of aryl methyl sites for hydroxylation is 1. The Kier molecular flexibility index (Phi) is 7.25. The molecule has 1 aromatic heterocycles. The van der Waals surface area contributed by atoms with E-state index in [4.69, 9.17) is 11.6 Å². The molecule has 0 spiro atoms. The lowest BCUT2D eigenvalue weighted by atomic mass is 10.2. The van der Waals surface area contributed by atoms with Crippen molar-refractivity contribution >= 4 is 34.4 Å². The largest absolute Gasteiger partial charge is 0.355 e. The summed E-state index contributed by atoms with van der Waals surface area (Å²) >= 11 is 6.07. The molecule has 0 unspecified atom stereocenters. The van der Waals surface area contributed by atoms with E-state index in [9.17, 15) is 9.59 Å². The van der Waals surface area contributed by atoms with Gasteiger partial charge in [-0.3, -0.25) is 9.59 Å². The van der Waals surface area contributed by atoms with E-state index >= 15 is 0 Å². The molecule has 0 saturated heterocycles. The number of carbonyl (C=O) groups is 2. The van der Waals surface area contributed by atoms with E-state index in [1.54, 1.807) is 24.3 Å². The monoisotopic (exact) mass is 412 g/mol. The number of hydrogen-bond donors (Lipinski definition) is 2. The molecule has 0 aliphatic rings. The Morgan fingerprint density at radius 2 is 1.79 bits per heavy atom. The highest BCUT2D eigenvalue weighted by molar-refractivity contribution is 6.33. The van der Waals surface area contributed by atoms with Crippen LogP contribution in [0.25, 0.3) is 11.0 Å². The first-order valence-corrected chi connectivity index (χ1v) is 10.2. The molecule has 0 fully saturated rings. The van der Waals surface area contributed by atoms with Gasteiger partial charge in [0.05, 0.1) is 21.6 Å². The van der Waals surface area contributed by atoms with Gasteiger partial charge in [-0.05, 0) is 37.1 Å². The third-order valence-corrected chi connectivity index (χ3v) is 4.92. The smallest absolute Gasteiger partial charge is 0.252 e. The maximum Gasteiger partial charge on any atom is 0.252 e. The Balaban J connectivity index is 1.63. The Morgan fingerprint density at radius 3 is 2.59 bits per heavy atom. The second kappa shape index (κ2) is 10.1. The van der Waals surface area contributed by atoms with Crippen LogP contribution < -0.4 is 10.6 Å². The highest BCUT2D eigenvalue weighted by atomic mass is 35.5. The van der Waals surface area contributed by atoms with Gasteiger partial charge >= 0.3 is 0 Å². The quantitative estimate of drug-likeness (QED) is 0.527. The van der Waals surface area contributed by atoms with E-state index in [1.807, 2.05) is 35.8 Å². The van der Waals surface area contributed by atoms with E-state index in [-0.39, 0.29) is 18.4 Å². The summed E-state index contributed by atoms with van der Waals surface area (Å²) in [6.07, 6.45) is 2.25. The molecule has 3 aromatic rings. The van der Waals surface area contributed by atoms with E-state index in [1.165, 1.54) is 0 Å². The minimum Gasteiger partial charge on any atom is -0.355 e. The lowest BCUT2D eigenvalue weighted by Gasteiger charge is -2.10. The fraction of sp³-hybridized carbons (Fsp3) is 0.318. The van der Waals surface area contributed by atoms with Crippen LogP contribution in [0.3, 0.4) is 0 Å². The number of amides is 2. The van der Waals surface area contributed by atoms with Crippen molar-refractivity contribution in [2.45, 2.75) is 32.7 Å². The van der Waals surface area contributed by atoms with Crippen molar-refractivity contribution < 1.29 is 9.59 Å². The van der Waals surface area contributed by atoms with Gasteiger partial charge in [0.2, 0.25) is 5.91 Å². The molecule has 0 atom stereocenters. The molecule has 29 heavy (non-hydrogen) atoms. The zero-order valence-corrected chi connectivity index (χ0v) is 17.2. The molecule has 2 aromatic carbocycles. The van der Waals surface area contributed by atoms with Crippen molar-refractivity contribution in [2.75, 3.05) is 13.1 Å². The normalized spacial score (nSPS) is 10.8. The van der Waals surface area contributed by atoms with E-state index in [0.29, 0.717) is 36.5 Å². The Labute approximate surface area is 175 Å². The minimum atomic E-state index is -0.192. The van der Waals surface area contributed by atoms with Crippen molar-refractivity contribution in [2.24, 2.45) is 0 Å². The number of aromatic nitrogens is 2. The zero-order chi connectivity index (χ0) is 20.6. The van der Waals surface area contributed by atoms with Gasteiger partial charge in [-0.25, -0.2) is 4.98 Å². The number of rotatable bonds is 9. The van der Waals surface area contributed by atoms with Crippen molar-refractivity contribution in [1.82, 2.24) is 20.2 Å². The summed E-state index contributed by atoms with van der Waals surface area (Å²) in [6, 6.07) is 14.8. The van der Waals surface area contributed by atoms with Gasteiger partial charge < -0.3 is 15.2 Å². The number of para-hydroxylation sites is 2. The van der Waals surface area contributed by atoms with Crippen LogP contribution in [0.4, 0.5) is 0 Å². The van der Waals surface area contributed by atoms with Crippen LogP contribution in [0.5, 0.6) is 0 Å². The number of imidazole rings is 1. The second-order valence-electron chi connectivity index (χ2n) is 6.79. The third kappa shape index (κ3) is 5.35. The molecule has 2 amide bonds. The average Bonchev–Trinajstić information content (AvgIpc) is 3.07. The molecule has 0 bridgehead atoms. The predicted molar refractivity (Wildman–Crippen MR) is 115 cm³/mol. The number of halogens is 1. The lowest BCUT2D eigenvalue weighted by molar-refractivity contribution is -0.121. The molecular formula is C22H25ClN4O2. The number of hydrogen-bond acceptors (Lipinski definition) is 3. The molecule has 0 saturated carbocycles. The highest BCUT2D eigenvalue weighted by Gasteiger charge is 2.14. The van der Waals surface area contributed by atoms with Gasteiger partial charge in [-0.15, -0.1) is 0 Å². The van der Waals surface area contributed by atoms with Crippen molar-refractivity contribution in [3.05, 3.63) is 64.9 Å². The summed E-state index contributed by atoms with van der Waals surface area (Å²) < 4.78 is 1.95. The maximum atomic E-state index is 12.3. The summed E-state index contributed by atoms with van der Waals surface area (Å²) in [7, 11) is 0. The maximum absolute atomic E-state index is 12.3. The van der Waals surface area contributed by atoms with Crippen LogP contribution in [0.2, 0.25) is 5.02 Å². The van der Waals surface area contributed by atoms with Gasteiger partial charge in [-0.1, -0.05) is 42.8 Å². The average molecular weight is 413 g/mol. The van der Waals surface area contributed by atoms with E-state index in [0.717, 1.165) is 23.3 Å². The highest BCUT2D eigenvalue weighted by Crippen LogP contribution is 2.17. The van der Waals surface area contributed by atoms with E-state index < -0.39 is 0 Å². The number of nitrogens with zero attached hydrogens (tertiary/aromatic N) is 2. The first-order chi connectivity index (χ1) is 14.1. The number of fused-ring (bicyclic) bond motifs is 1. The van der Waals surface area contributed by atoms with Gasteiger partial charge in [0.15, 0.2) is 0 Å². The molecule has 0 aliphatic heterocycles. The number of carbonyl (C=O) groups excluding carboxylic acids is 2.